The number of benzene rings is 1. The van der Waals surface area contributed by atoms with Gasteiger partial charge >= 0.3 is 0 Å². The Balaban J connectivity index is 0.00000289. The predicted octanol–water partition coefficient (Wildman–Crippen LogP) is 4.69. The van der Waals surface area contributed by atoms with Gasteiger partial charge in [0.05, 0.1) is 0 Å². The van der Waals surface area contributed by atoms with Crippen LogP contribution in [0.2, 0.25) is 0 Å². The van der Waals surface area contributed by atoms with Crippen LogP contribution in [0.3, 0.4) is 0 Å². The number of phenolic OH excluding ortho intramolecular Hbond substituents is 1. The zero-order chi connectivity index (χ0) is 12.3. The first-order valence-electron chi connectivity index (χ1n) is 7.11. The Hall–Kier alpha value is 0.0200. The van der Waals surface area contributed by atoms with Crippen molar-refractivity contribution in [3.63, 3.8) is 0 Å². The molecule has 0 spiro atoms. The van der Waals surface area contributed by atoms with Crippen LogP contribution in [0, 0.1) is 0 Å². The Morgan fingerprint density at radius 1 is 0.833 bits per heavy atom. The van der Waals surface area contributed by atoms with Crippen LogP contribution in [0.4, 0.5) is 0 Å². The van der Waals surface area contributed by atoms with Crippen molar-refractivity contribution in [1.82, 2.24) is 0 Å². The third-order valence-corrected chi connectivity index (χ3v) is 3.29. The molecule has 0 aliphatic rings. The number of phenols is 1. The number of rotatable bonds is 9. The van der Waals surface area contributed by atoms with E-state index >= 15 is 0 Å². The van der Waals surface area contributed by atoms with Crippen molar-refractivity contribution in [2.24, 2.45) is 0 Å². The summed E-state index contributed by atoms with van der Waals surface area (Å²) < 4.78 is 0. The Morgan fingerprint density at radius 2 is 1.39 bits per heavy atom. The van der Waals surface area contributed by atoms with Crippen molar-refractivity contribution in [3.05, 3.63) is 29.8 Å². The second kappa shape index (κ2) is 12.1. The summed E-state index contributed by atoms with van der Waals surface area (Å²) >= 11 is 0. The van der Waals surface area contributed by atoms with E-state index in [-0.39, 0.29) is 29.6 Å². The first-order valence-corrected chi connectivity index (χ1v) is 7.11. The molecule has 1 N–H and O–H groups in total. The van der Waals surface area contributed by atoms with Crippen molar-refractivity contribution in [2.75, 3.05) is 0 Å². The summed E-state index contributed by atoms with van der Waals surface area (Å²) in [5, 5.41) is 9.61. The normalized spacial score (nSPS) is 10.1. The average molecular weight is 257 g/mol. The molecule has 1 nitrogen and oxygen atoms in total. The van der Waals surface area contributed by atoms with Gasteiger partial charge in [0.15, 0.2) is 0 Å². The fourth-order valence-electron chi connectivity index (χ4n) is 2.17. The molecule has 1 radical (unpaired) electrons. The first-order chi connectivity index (χ1) is 8.34. The minimum absolute atomic E-state index is 0. The molecule has 1 aromatic rings. The number of unbranched alkanes of at least 4 members (excludes halogenated alkanes) is 7. The summed E-state index contributed by atoms with van der Waals surface area (Å²) in [7, 11) is 0. The minimum Gasteiger partial charge on any atom is -0.508 e. The van der Waals surface area contributed by atoms with E-state index in [4.69, 9.17) is 0 Å². The van der Waals surface area contributed by atoms with Crippen LogP contribution in [0.1, 0.15) is 63.9 Å². The largest absolute Gasteiger partial charge is 0.508 e. The molecule has 0 fully saturated rings. The van der Waals surface area contributed by atoms with Crippen LogP contribution in [0.15, 0.2) is 24.3 Å². The molecule has 0 bridgehead atoms. The van der Waals surface area contributed by atoms with Gasteiger partial charge < -0.3 is 5.11 Å². The van der Waals surface area contributed by atoms with E-state index in [1.165, 1.54) is 51.4 Å². The topological polar surface area (TPSA) is 20.2 Å². The maximum Gasteiger partial charge on any atom is 0.118 e. The van der Waals surface area contributed by atoms with Gasteiger partial charge in [-0.25, -0.2) is 0 Å². The fraction of sp³-hybridized carbons (Fsp3) is 0.625. The molecule has 0 aromatic heterocycles. The zero-order valence-electron chi connectivity index (χ0n) is 12.1. The van der Waals surface area contributed by atoms with Crippen LogP contribution in [0.5, 0.6) is 5.75 Å². The molecule has 0 aliphatic heterocycles. The number of aromatic hydroxyl groups is 1. The molecule has 0 atom stereocenters. The summed E-state index contributed by atoms with van der Waals surface area (Å²) in [4.78, 5) is 0. The van der Waals surface area contributed by atoms with Crippen LogP contribution < -0.4 is 0 Å². The predicted molar refractivity (Wildman–Crippen MR) is 80.2 cm³/mol. The van der Waals surface area contributed by atoms with Gasteiger partial charge in [0.2, 0.25) is 0 Å². The molecular formula is C16H26NaO. The van der Waals surface area contributed by atoms with E-state index in [1.54, 1.807) is 6.07 Å². The second-order valence-electron chi connectivity index (χ2n) is 4.85. The fourth-order valence-corrected chi connectivity index (χ4v) is 2.17. The van der Waals surface area contributed by atoms with Gasteiger partial charge in [-0.3, -0.25) is 0 Å². The summed E-state index contributed by atoms with van der Waals surface area (Å²) in [6.07, 6.45) is 11.7. The Morgan fingerprint density at radius 3 is 2.00 bits per heavy atom. The van der Waals surface area contributed by atoms with E-state index in [1.807, 2.05) is 18.2 Å². The molecule has 2 heteroatoms. The van der Waals surface area contributed by atoms with Gasteiger partial charge in [-0.15, -0.1) is 0 Å². The van der Waals surface area contributed by atoms with E-state index < -0.39 is 0 Å². The summed E-state index contributed by atoms with van der Waals surface area (Å²) in [6.45, 7) is 2.26. The van der Waals surface area contributed by atoms with E-state index in [0.29, 0.717) is 5.75 Å². The van der Waals surface area contributed by atoms with Crippen molar-refractivity contribution < 1.29 is 5.11 Å². The SMILES string of the molecule is CCCCCCCCCCc1ccccc1O.[Na]. The molecule has 1 rings (SSSR count). The average Bonchev–Trinajstić information content (AvgIpc) is 2.35. The van der Waals surface area contributed by atoms with Crippen molar-refractivity contribution in [3.8, 4) is 5.75 Å². The molecule has 97 valence electrons. The molecule has 0 amide bonds. The molecule has 0 saturated carbocycles. The Bertz CT molecular complexity index is 299. The first kappa shape index (κ1) is 18.0. The third-order valence-electron chi connectivity index (χ3n) is 3.29. The van der Waals surface area contributed by atoms with E-state index in [2.05, 4.69) is 6.92 Å². The van der Waals surface area contributed by atoms with E-state index in [9.17, 15) is 5.11 Å². The maximum absolute atomic E-state index is 9.61. The number of hydrogen-bond acceptors (Lipinski definition) is 1. The molecule has 0 aliphatic carbocycles. The third kappa shape index (κ3) is 8.18. The van der Waals surface area contributed by atoms with Gasteiger partial charge in [0.1, 0.15) is 5.75 Å². The monoisotopic (exact) mass is 257 g/mol. The van der Waals surface area contributed by atoms with E-state index in [0.717, 1.165) is 12.0 Å². The van der Waals surface area contributed by atoms with Crippen LogP contribution >= 0.6 is 0 Å². The molecule has 0 saturated heterocycles. The van der Waals surface area contributed by atoms with Crippen LogP contribution in [-0.2, 0) is 6.42 Å². The molecule has 0 unspecified atom stereocenters. The second-order valence-corrected chi connectivity index (χ2v) is 4.85. The summed E-state index contributed by atoms with van der Waals surface area (Å²) in [5.41, 5.74) is 1.10. The minimum atomic E-state index is 0. The molecule has 18 heavy (non-hydrogen) atoms. The molecule has 0 heterocycles. The zero-order valence-corrected chi connectivity index (χ0v) is 14.1. The van der Waals surface area contributed by atoms with Crippen LogP contribution in [0.25, 0.3) is 0 Å². The Labute approximate surface area is 134 Å². The summed E-state index contributed by atoms with van der Waals surface area (Å²) in [6, 6.07) is 7.68. The molecule has 1 aromatic carbocycles. The van der Waals surface area contributed by atoms with Crippen molar-refractivity contribution >= 4 is 29.6 Å². The van der Waals surface area contributed by atoms with Gasteiger partial charge in [0, 0.05) is 29.6 Å². The number of hydrogen-bond donors (Lipinski definition) is 1. The summed E-state index contributed by atoms with van der Waals surface area (Å²) in [5.74, 6) is 0.454. The van der Waals surface area contributed by atoms with Gasteiger partial charge in [-0.2, -0.15) is 0 Å². The van der Waals surface area contributed by atoms with Gasteiger partial charge in [0.25, 0.3) is 0 Å². The standard InChI is InChI=1S/C16H26O.Na/c1-2-3-4-5-6-7-8-9-12-15-13-10-11-14-16(15)17;/h10-11,13-14,17H,2-9,12H2,1H3;. The van der Waals surface area contributed by atoms with Crippen molar-refractivity contribution in [1.29, 1.82) is 0 Å². The number of aryl methyl sites for hydroxylation is 1. The molecular weight excluding hydrogens is 231 g/mol. The van der Waals surface area contributed by atoms with Crippen molar-refractivity contribution in [2.45, 2.75) is 64.7 Å². The van der Waals surface area contributed by atoms with Crippen LogP contribution in [-0.4, -0.2) is 34.7 Å². The Kier molecular flexibility index (Phi) is 12.1. The van der Waals surface area contributed by atoms with Gasteiger partial charge in [-0.05, 0) is 24.5 Å². The maximum atomic E-state index is 9.61. The number of para-hydroxylation sites is 1. The smallest absolute Gasteiger partial charge is 0.118 e. The van der Waals surface area contributed by atoms with Gasteiger partial charge in [-0.1, -0.05) is 70.1 Å². The quantitative estimate of drug-likeness (QED) is 0.502.